The van der Waals surface area contributed by atoms with Crippen molar-refractivity contribution in [2.45, 2.75) is 31.4 Å². The minimum absolute atomic E-state index is 0.0363. The van der Waals surface area contributed by atoms with Crippen molar-refractivity contribution in [1.29, 1.82) is 0 Å². The van der Waals surface area contributed by atoms with Crippen LogP contribution >= 0.6 is 0 Å². The van der Waals surface area contributed by atoms with Crippen molar-refractivity contribution in [1.82, 2.24) is 25.2 Å². The number of aromatic amines is 1. The number of amides is 1. The van der Waals surface area contributed by atoms with Crippen molar-refractivity contribution in [2.75, 3.05) is 27.2 Å². The molecule has 7 nitrogen and oxygen atoms in total. The first-order valence-corrected chi connectivity index (χ1v) is 6.48. The highest BCUT2D eigenvalue weighted by molar-refractivity contribution is 5.76. The largest absolute Gasteiger partial charge is 0.388 e. The third kappa shape index (κ3) is 3.74. The standard InChI is InChI=1S/C12H21N5O2/c1-16(2)11(18)6-12(19)4-3-5-17(9-12)8-10-7-13-15-14-10/h7,19H,3-6,8-9H2,1-2H3,(H,13,14,15). The number of likely N-dealkylation sites (tertiary alicyclic amines) is 1. The normalized spacial score (nSPS) is 24.4. The monoisotopic (exact) mass is 267 g/mol. The Morgan fingerprint density at radius 1 is 1.63 bits per heavy atom. The topological polar surface area (TPSA) is 85.4 Å². The molecule has 1 aromatic rings. The third-order valence-corrected chi connectivity index (χ3v) is 3.46. The Hall–Kier alpha value is -1.47. The summed E-state index contributed by atoms with van der Waals surface area (Å²) in [5.74, 6) is -0.0363. The summed E-state index contributed by atoms with van der Waals surface area (Å²) in [4.78, 5) is 15.4. The molecule has 1 saturated heterocycles. The Balaban J connectivity index is 1.93. The molecule has 1 amide bonds. The molecule has 0 aliphatic carbocycles. The van der Waals surface area contributed by atoms with Crippen LogP contribution in [0.4, 0.5) is 0 Å². The van der Waals surface area contributed by atoms with E-state index in [9.17, 15) is 9.90 Å². The fourth-order valence-corrected chi connectivity index (χ4v) is 2.46. The van der Waals surface area contributed by atoms with Crippen molar-refractivity contribution in [3.05, 3.63) is 11.9 Å². The lowest BCUT2D eigenvalue weighted by atomic mass is 9.89. The second-order valence-corrected chi connectivity index (χ2v) is 5.46. The SMILES string of the molecule is CN(C)C(=O)CC1(O)CCCN(Cc2cn[nH]n2)C1. The van der Waals surface area contributed by atoms with Gasteiger partial charge in [0.1, 0.15) is 0 Å². The van der Waals surface area contributed by atoms with Gasteiger partial charge in [-0.2, -0.15) is 15.4 Å². The van der Waals surface area contributed by atoms with Gasteiger partial charge in [-0.25, -0.2) is 0 Å². The van der Waals surface area contributed by atoms with Crippen LogP contribution in [-0.4, -0.2) is 69.0 Å². The Kier molecular flexibility index (Phi) is 4.16. The number of piperidine rings is 1. The molecule has 0 radical (unpaired) electrons. The van der Waals surface area contributed by atoms with Gasteiger partial charge < -0.3 is 10.0 Å². The van der Waals surface area contributed by atoms with E-state index in [4.69, 9.17) is 0 Å². The number of nitrogens with one attached hydrogen (secondary N) is 1. The number of carbonyl (C=O) groups excluding carboxylic acids is 1. The maximum atomic E-state index is 11.8. The molecule has 0 spiro atoms. The lowest BCUT2D eigenvalue weighted by Gasteiger charge is -2.39. The van der Waals surface area contributed by atoms with E-state index in [1.54, 1.807) is 20.3 Å². The van der Waals surface area contributed by atoms with Gasteiger partial charge in [-0.3, -0.25) is 9.69 Å². The van der Waals surface area contributed by atoms with E-state index < -0.39 is 5.60 Å². The van der Waals surface area contributed by atoms with Crippen LogP contribution in [0.2, 0.25) is 0 Å². The smallest absolute Gasteiger partial charge is 0.224 e. The number of rotatable bonds is 4. The molecule has 2 heterocycles. The molecule has 1 aliphatic heterocycles. The fourth-order valence-electron chi connectivity index (χ4n) is 2.46. The molecular weight excluding hydrogens is 246 g/mol. The van der Waals surface area contributed by atoms with E-state index in [2.05, 4.69) is 20.3 Å². The quantitative estimate of drug-likeness (QED) is 0.776. The molecule has 2 rings (SSSR count). The first-order valence-electron chi connectivity index (χ1n) is 6.48. The summed E-state index contributed by atoms with van der Waals surface area (Å²) >= 11 is 0. The predicted molar refractivity (Wildman–Crippen MR) is 69.2 cm³/mol. The lowest BCUT2D eigenvalue weighted by Crippen LogP contribution is -2.50. The number of hydrogen-bond acceptors (Lipinski definition) is 5. The molecule has 19 heavy (non-hydrogen) atoms. The molecule has 106 valence electrons. The lowest BCUT2D eigenvalue weighted by molar-refractivity contribution is -0.136. The second-order valence-electron chi connectivity index (χ2n) is 5.46. The highest BCUT2D eigenvalue weighted by Crippen LogP contribution is 2.25. The number of hydrogen-bond donors (Lipinski definition) is 2. The number of aliphatic hydroxyl groups is 1. The van der Waals surface area contributed by atoms with Gasteiger partial charge in [-0.05, 0) is 19.4 Å². The summed E-state index contributed by atoms with van der Waals surface area (Å²) in [6.07, 6.45) is 3.41. The molecule has 1 unspecified atom stereocenters. The van der Waals surface area contributed by atoms with Crippen LogP contribution in [0.25, 0.3) is 0 Å². The van der Waals surface area contributed by atoms with Crippen molar-refractivity contribution in [3.8, 4) is 0 Å². The first-order chi connectivity index (χ1) is 8.98. The summed E-state index contributed by atoms with van der Waals surface area (Å²) in [6, 6.07) is 0. The summed E-state index contributed by atoms with van der Waals surface area (Å²) in [5, 5.41) is 20.9. The first kappa shape index (κ1) is 14.0. The Bertz CT molecular complexity index is 420. The van der Waals surface area contributed by atoms with E-state index in [0.29, 0.717) is 19.5 Å². The van der Waals surface area contributed by atoms with Crippen molar-refractivity contribution in [2.24, 2.45) is 0 Å². The van der Waals surface area contributed by atoms with Crippen LogP contribution < -0.4 is 0 Å². The molecule has 1 aromatic heterocycles. The molecule has 0 saturated carbocycles. The van der Waals surface area contributed by atoms with Gasteiger partial charge in [0.2, 0.25) is 5.91 Å². The Labute approximate surface area is 112 Å². The van der Waals surface area contributed by atoms with Crippen molar-refractivity contribution < 1.29 is 9.90 Å². The van der Waals surface area contributed by atoms with Gasteiger partial charge in [0.25, 0.3) is 0 Å². The van der Waals surface area contributed by atoms with E-state index >= 15 is 0 Å². The highest BCUT2D eigenvalue weighted by atomic mass is 16.3. The van der Waals surface area contributed by atoms with Gasteiger partial charge in [0.15, 0.2) is 0 Å². The summed E-state index contributed by atoms with van der Waals surface area (Å²) in [6.45, 7) is 2.06. The third-order valence-electron chi connectivity index (χ3n) is 3.46. The van der Waals surface area contributed by atoms with E-state index in [-0.39, 0.29) is 12.3 Å². The summed E-state index contributed by atoms with van der Waals surface area (Å²) in [7, 11) is 3.42. The predicted octanol–water partition coefficient (Wildman–Crippen LogP) is -0.390. The van der Waals surface area contributed by atoms with Crippen LogP contribution in [0.3, 0.4) is 0 Å². The molecule has 2 N–H and O–H groups in total. The highest BCUT2D eigenvalue weighted by Gasteiger charge is 2.35. The van der Waals surface area contributed by atoms with E-state index in [0.717, 1.165) is 18.7 Å². The zero-order valence-corrected chi connectivity index (χ0v) is 11.5. The Morgan fingerprint density at radius 3 is 3.05 bits per heavy atom. The van der Waals surface area contributed by atoms with Crippen LogP contribution in [0, 0.1) is 0 Å². The molecule has 1 aliphatic rings. The van der Waals surface area contributed by atoms with Crippen molar-refractivity contribution >= 4 is 5.91 Å². The van der Waals surface area contributed by atoms with Crippen LogP contribution in [0.1, 0.15) is 25.0 Å². The van der Waals surface area contributed by atoms with Crippen LogP contribution in [0.15, 0.2) is 6.20 Å². The minimum Gasteiger partial charge on any atom is -0.388 e. The average molecular weight is 267 g/mol. The van der Waals surface area contributed by atoms with Gasteiger partial charge in [0.05, 0.1) is 23.9 Å². The van der Waals surface area contributed by atoms with E-state index in [1.807, 2.05) is 0 Å². The molecule has 1 fully saturated rings. The number of H-pyrrole nitrogens is 1. The van der Waals surface area contributed by atoms with Crippen LogP contribution in [-0.2, 0) is 11.3 Å². The number of nitrogens with zero attached hydrogens (tertiary/aromatic N) is 4. The molecule has 0 bridgehead atoms. The molecular formula is C12H21N5O2. The van der Waals surface area contributed by atoms with Gasteiger partial charge in [-0.1, -0.05) is 0 Å². The number of aromatic nitrogens is 3. The van der Waals surface area contributed by atoms with E-state index in [1.165, 1.54) is 4.90 Å². The van der Waals surface area contributed by atoms with Gasteiger partial charge in [0, 0.05) is 27.2 Å². The minimum atomic E-state index is -0.927. The van der Waals surface area contributed by atoms with Gasteiger partial charge in [-0.15, -0.1) is 0 Å². The molecule has 7 heteroatoms. The van der Waals surface area contributed by atoms with Crippen LogP contribution in [0.5, 0.6) is 0 Å². The summed E-state index contributed by atoms with van der Waals surface area (Å²) in [5.41, 5.74) is -0.0771. The molecule has 0 aromatic carbocycles. The number of carbonyl (C=O) groups is 1. The number of β-amino-alcohol motifs (C(OH)–C–C–N with tert-alkyl or cyclic N) is 1. The fraction of sp³-hybridized carbons (Fsp3) is 0.750. The van der Waals surface area contributed by atoms with Gasteiger partial charge >= 0.3 is 0 Å². The maximum absolute atomic E-state index is 11.8. The average Bonchev–Trinajstić information content (AvgIpc) is 2.81. The molecule has 1 atom stereocenters. The van der Waals surface area contributed by atoms with Crippen molar-refractivity contribution in [3.63, 3.8) is 0 Å². The zero-order valence-electron chi connectivity index (χ0n) is 11.5. The maximum Gasteiger partial charge on any atom is 0.224 e. The zero-order chi connectivity index (χ0) is 13.9. The second kappa shape index (κ2) is 5.66. The Morgan fingerprint density at radius 2 is 2.42 bits per heavy atom. The summed E-state index contributed by atoms with van der Waals surface area (Å²) < 4.78 is 0.